The fourth-order valence-corrected chi connectivity index (χ4v) is 10.5. The maximum absolute atomic E-state index is 14.5. The molecule has 5 heterocycles. The van der Waals surface area contributed by atoms with Gasteiger partial charge in [0.15, 0.2) is 17.7 Å². The number of aliphatic hydroxyl groups is 1. The van der Waals surface area contributed by atoms with Crippen molar-refractivity contribution in [1.29, 1.82) is 0 Å². The SMILES string of the molecule is CC[C@@H]1OC(=O)[C@H](C)C(=O)[C@H](C)[C@@H](O[C@@H]2O[C@H](C)C[C@H](N(C)C)[C@H]2O)[C@@](C)(OCC#Cc2cc(-c3sc4ccccc4c3C)no2)C[C@@H](C)C(=O)[C@@H](C)[C@H]2NC(=O)O[C@]12C. The molecule has 326 valence electrons. The third kappa shape index (κ3) is 8.91. The van der Waals surface area contributed by atoms with E-state index in [1.54, 1.807) is 58.9 Å². The number of likely N-dealkylation sites (N-methyl/N-ethyl adjacent to an activating group) is 1. The Morgan fingerprint density at radius 3 is 2.45 bits per heavy atom. The van der Waals surface area contributed by atoms with Gasteiger partial charge in [-0.15, -0.1) is 11.3 Å². The van der Waals surface area contributed by atoms with Crippen LogP contribution >= 0.6 is 11.3 Å². The highest BCUT2D eigenvalue weighted by Crippen LogP contribution is 2.41. The number of amides is 1. The van der Waals surface area contributed by atoms with Crippen LogP contribution in [0.4, 0.5) is 4.79 Å². The van der Waals surface area contributed by atoms with Crippen LogP contribution in [0.5, 0.6) is 0 Å². The third-order valence-corrected chi connectivity index (χ3v) is 14.0. The first-order valence-electron chi connectivity index (χ1n) is 20.8. The van der Waals surface area contributed by atoms with Crippen LogP contribution in [-0.2, 0) is 38.1 Å². The summed E-state index contributed by atoms with van der Waals surface area (Å²) in [4.78, 5) is 58.5. The first-order chi connectivity index (χ1) is 28.3. The lowest BCUT2D eigenvalue weighted by atomic mass is 9.73. The molecule has 1 amide bonds. The van der Waals surface area contributed by atoms with Crippen molar-refractivity contribution in [3.63, 3.8) is 0 Å². The van der Waals surface area contributed by atoms with E-state index in [0.29, 0.717) is 17.9 Å². The van der Waals surface area contributed by atoms with Gasteiger partial charge in [-0.1, -0.05) is 57.0 Å². The van der Waals surface area contributed by atoms with Gasteiger partial charge in [0.2, 0.25) is 5.76 Å². The smallest absolute Gasteiger partial charge is 0.408 e. The first-order valence-corrected chi connectivity index (χ1v) is 21.6. The summed E-state index contributed by atoms with van der Waals surface area (Å²) in [5.74, 6) is 0.967. The number of hydrogen-bond donors (Lipinski definition) is 2. The van der Waals surface area contributed by atoms with Crippen molar-refractivity contribution in [3.8, 4) is 22.4 Å². The Balaban J connectivity index is 1.37. The Bertz CT molecular complexity index is 2140. The fourth-order valence-electron chi connectivity index (χ4n) is 9.31. The average molecular weight is 850 g/mol. The Hall–Kier alpha value is -4.17. The monoisotopic (exact) mass is 849 g/mol. The van der Waals surface area contributed by atoms with Crippen molar-refractivity contribution in [3.05, 3.63) is 41.7 Å². The molecule has 15 heteroatoms. The molecule has 0 bridgehead atoms. The minimum absolute atomic E-state index is 0.0293. The molecular formula is C45H59N3O11S. The number of benzene rings is 1. The predicted molar refractivity (Wildman–Crippen MR) is 224 cm³/mol. The standard InChI is InChI=1S/C45H59N3O11S/c1-12-34-45(9)39(46-43(53)58-45)26(5)35(49)23(2)22-44(8,54-19-15-16-29-21-31(47-59-29)38-25(4)30-17-13-14-18-33(30)60-38)40(27(6)36(50)28(7)41(52)56-34)57-42-37(51)32(48(10)11)20-24(3)55-42/h13-14,17-18,21,23-24,26-28,32,34,37,39-40,42,51H,12,19-20,22H2,1-11H3,(H,46,53)/t23-,24-,26-,27+,28-,32+,34+,37-,39-,40-,42+,44+,45-/m1/s1. The van der Waals surface area contributed by atoms with Crippen LogP contribution in [0.2, 0.25) is 0 Å². The van der Waals surface area contributed by atoms with Gasteiger partial charge in [-0.2, -0.15) is 0 Å². The molecule has 3 aliphatic rings. The van der Waals surface area contributed by atoms with Crippen molar-refractivity contribution in [2.45, 2.75) is 136 Å². The molecule has 0 spiro atoms. The van der Waals surface area contributed by atoms with E-state index in [4.69, 9.17) is 28.2 Å². The van der Waals surface area contributed by atoms with Gasteiger partial charge in [-0.05, 0) is 90.9 Å². The van der Waals surface area contributed by atoms with Gasteiger partial charge in [0.25, 0.3) is 0 Å². The molecule has 13 atom stereocenters. The van der Waals surface area contributed by atoms with Crippen LogP contribution < -0.4 is 5.32 Å². The number of ether oxygens (including phenoxy) is 5. The van der Waals surface area contributed by atoms with E-state index in [1.807, 2.05) is 45.0 Å². The highest BCUT2D eigenvalue weighted by Gasteiger charge is 2.57. The van der Waals surface area contributed by atoms with Gasteiger partial charge >= 0.3 is 12.1 Å². The van der Waals surface area contributed by atoms with Crippen molar-refractivity contribution < 1.29 is 52.5 Å². The number of carbonyl (C=O) groups is 4. The number of aliphatic hydroxyl groups excluding tert-OH is 1. The first kappa shape index (κ1) is 45.4. The topological polar surface area (TPSA) is 176 Å². The molecule has 3 saturated heterocycles. The number of esters is 1. The van der Waals surface area contributed by atoms with Crippen molar-refractivity contribution in [2.75, 3.05) is 20.7 Å². The average Bonchev–Trinajstić information content (AvgIpc) is 3.91. The number of hydrogen-bond acceptors (Lipinski definition) is 14. The van der Waals surface area contributed by atoms with Gasteiger partial charge in [0, 0.05) is 34.6 Å². The van der Waals surface area contributed by atoms with Crippen LogP contribution in [0.25, 0.3) is 20.7 Å². The van der Waals surface area contributed by atoms with Crippen molar-refractivity contribution >= 4 is 45.1 Å². The normalized spacial score (nSPS) is 35.6. The van der Waals surface area contributed by atoms with Gasteiger partial charge in [-0.3, -0.25) is 14.4 Å². The van der Waals surface area contributed by atoms with Crippen molar-refractivity contribution in [1.82, 2.24) is 15.4 Å². The van der Waals surface area contributed by atoms with Gasteiger partial charge in [0.1, 0.15) is 36.2 Å². The lowest BCUT2D eigenvalue weighted by Gasteiger charge is -2.47. The van der Waals surface area contributed by atoms with E-state index in [1.165, 1.54) is 6.92 Å². The number of ketones is 2. The van der Waals surface area contributed by atoms with Crippen LogP contribution in [0.1, 0.15) is 86.0 Å². The third-order valence-electron chi connectivity index (χ3n) is 12.7. The highest BCUT2D eigenvalue weighted by molar-refractivity contribution is 7.22. The number of aromatic nitrogens is 1. The molecular weight excluding hydrogens is 791 g/mol. The number of thiophene rings is 1. The second-order valence-corrected chi connectivity index (χ2v) is 18.5. The molecule has 0 unspecified atom stereocenters. The molecule has 1 aromatic carbocycles. The highest BCUT2D eigenvalue weighted by atomic mass is 32.1. The molecule has 3 fully saturated rings. The maximum Gasteiger partial charge on any atom is 0.408 e. The fraction of sp³-hybridized carbons (Fsp3) is 0.622. The number of nitrogens with one attached hydrogen (secondary N) is 1. The van der Waals surface area contributed by atoms with Gasteiger partial charge in [-0.25, -0.2) is 4.79 Å². The number of rotatable bonds is 7. The molecule has 14 nitrogen and oxygen atoms in total. The van der Waals surface area contributed by atoms with Crippen LogP contribution in [0.3, 0.4) is 0 Å². The summed E-state index contributed by atoms with van der Waals surface area (Å²) in [6, 6.07) is 8.73. The lowest BCUT2D eigenvalue weighted by molar-refractivity contribution is -0.296. The number of aryl methyl sites for hydroxylation is 1. The summed E-state index contributed by atoms with van der Waals surface area (Å²) in [5.41, 5.74) is -1.09. The van der Waals surface area contributed by atoms with E-state index in [0.717, 1.165) is 20.5 Å². The summed E-state index contributed by atoms with van der Waals surface area (Å²) in [7, 11) is 3.72. The second kappa shape index (κ2) is 18.0. The Morgan fingerprint density at radius 2 is 1.77 bits per heavy atom. The number of carbonyl (C=O) groups excluding carboxylic acids is 4. The molecule has 3 aromatic rings. The minimum atomic E-state index is -1.45. The largest absolute Gasteiger partial charge is 0.458 e. The van der Waals surface area contributed by atoms with E-state index in [2.05, 4.69) is 34.4 Å². The second-order valence-electron chi connectivity index (χ2n) is 17.4. The molecule has 0 aliphatic carbocycles. The number of nitrogens with zero attached hydrogens (tertiary/aromatic N) is 2. The summed E-state index contributed by atoms with van der Waals surface area (Å²) in [5, 5.41) is 19.8. The van der Waals surface area contributed by atoms with E-state index < -0.39 is 83.4 Å². The quantitative estimate of drug-likeness (QED) is 0.159. The van der Waals surface area contributed by atoms with Gasteiger partial charge in [0.05, 0.1) is 28.7 Å². The zero-order chi connectivity index (χ0) is 43.8. The summed E-state index contributed by atoms with van der Waals surface area (Å²) < 4.78 is 38.1. The maximum atomic E-state index is 14.5. The Labute approximate surface area is 355 Å². The molecule has 0 radical (unpaired) electrons. The number of alkyl carbamates (subject to hydrolysis) is 1. The molecule has 2 aromatic heterocycles. The summed E-state index contributed by atoms with van der Waals surface area (Å²) in [6.07, 6.45) is -4.67. The molecule has 0 saturated carbocycles. The van der Waals surface area contributed by atoms with Crippen LogP contribution in [0.15, 0.2) is 34.9 Å². The Kier molecular flexibility index (Phi) is 13.6. The molecule has 60 heavy (non-hydrogen) atoms. The minimum Gasteiger partial charge on any atom is -0.458 e. The number of fused-ring (bicyclic) bond motifs is 2. The van der Waals surface area contributed by atoms with E-state index in [9.17, 15) is 24.3 Å². The van der Waals surface area contributed by atoms with E-state index >= 15 is 0 Å². The Morgan fingerprint density at radius 1 is 1.05 bits per heavy atom. The van der Waals surface area contributed by atoms with Crippen LogP contribution in [-0.4, -0.2) is 113 Å². The van der Waals surface area contributed by atoms with E-state index in [-0.39, 0.29) is 37.4 Å². The van der Waals surface area contributed by atoms with Crippen molar-refractivity contribution in [2.24, 2.45) is 23.7 Å². The summed E-state index contributed by atoms with van der Waals surface area (Å²) >= 11 is 1.62. The predicted octanol–water partition coefficient (Wildman–Crippen LogP) is 6.08. The van der Waals surface area contributed by atoms with Gasteiger partial charge < -0.3 is 43.5 Å². The number of Topliss-reactive ketones (excluding diaryl/α,β-unsaturated/α-hetero) is 2. The molecule has 3 aliphatic heterocycles. The zero-order valence-corrected chi connectivity index (χ0v) is 37.2. The summed E-state index contributed by atoms with van der Waals surface area (Å²) in [6.45, 7) is 15.5. The zero-order valence-electron chi connectivity index (χ0n) is 36.4. The number of cyclic esters (lactones) is 1. The van der Waals surface area contributed by atoms with Crippen LogP contribution in [0, 0.1) is 42.4 Å². The molecule has 2 N–H and O–H groups in total. The molecule has 6 rings (SSSR count). The lowest BCUT2D eigenvalue weighted by Crippen LogP contribution is -2.60.